The lowest BCUT2D eigenvalue weighted by Gasteiger charge is -2.18. The molecule has 5 aromatic rings. The summed E-state index contributed by atoms with van der Waals surface area (Å²) in [4.78, 5) is 26.3. The molecule has 0 saturated carbocycles. The number of fused-ring (bicyclic) bond motifs is 2. The lowest BCUT2D eigenvalue weighted by atomic mass is 10.1. The summed E-state index contributed by atoms with van der Waals surface area (Å²) in [6.45, 7) is 3.62. The molecule has 0 bridgehead atoms. The van der Waals surface area contributed by atoms with Gasteiger partial charge in [0.25, 0.3) is 0 Å². The third-order valence-electron chi connectivity index (χ3n) is 6.14. The Bertz CT molecular complexity index is 1840. The highest BCUT2D eigenvalue weighted by Crippen LogP contribution is 2.32. The lowest BCUT2D eigenvalue weighted by Crippen LogP contribution is -2.36. The molecule has 2 N–H and O–H groups in total. The summed E-state index contributed by atoms with van der Waals surface area (Å²) in [5.74, 6) is -1.49. The van der Waals surface area contributed by atoms with Gasteiger partial charge in [0.1, 0.15) is 34.1 Å². The number of para-hydroxylation sites is 1. The average molecular weight is 530 g/mol. The third kappa shape index (κ3) is 4.77. The van der Waals surface area contributed by atoms with E-state index in [-0.39, 0.29) is 21.6 Å². The van der Waals surface area contributed by atoms with Gasteiger partial charge in [-0.05, 0) is 43.2 Å². The van der Waals surface area contributed by atoms with Crippen LogP contribution in [0.3, 0.4) is 0 Å². The van der Waals surface area contributed by atoms with Gasteiger partial charge in [0.15, 0.2) is 0 Å². The zero-order valence-electron chi connectivity index (χ0n) is 20.5. The molecule has 4 aromatic carbocycles. The number of carbonyl (C=O) groups is 1. The van der Waals surface area contributed by atoms with Gasteiger partial charge in [0.2, 0.25) is 15.5 Å². The van der Waals surface area contributed by atoms with Gasteiger partial charge >= 0.3 is 5.97 Å². The van der Waals surface area contributed by atoms with Crippen LogP contribution in [-0.4, -0.2) is 19.5 Å². The number of sulfonamides is 1. The normalized spacial score (nSPS) is 12.5. The fourth-order valence-corrected chi connectivity index (χ4v) is 5.34. The molecule has 0 spiro atoms. The number of rotatable bonds is 6. The quantitative estimate of drug-likeness (QED) is 0.182. The Kier molecular flexibility index (Phi) is 6.48. The van der Waals surface area contributed by atoms with Gasteiger partial charge in [0, 0.05) is 12.1 Å². The number of benzene rings is 4. The highest BCUT2D eigenvalue weighted by molar-refractivity contribution is 7.89. The second-order valence-electron chi connectivity index (χ2n) is 8.90. The van der Waals surface area contributed by atoms with Gasteiger partial charge in [-0.25, -0.2) is 13.2 Å². The first-order valence-electron chi connectivity index (χ1n) is 11.7. The number of aromatic hydroxyl groups is 1. The van der Waals surface area contributed by atoms with Crippen molar-refractivity contribution < 1.29 is 27.5 Å². The Balaban J connectivity index is 1.53. The van der Waals surface area contributed by atoms with Crippen molar-refractivity contribution in [3.63, 3.8) is 0 Å². The fourth-order valence-electron chi connectivity index (χ4n) is 4.17. The maximum atomic E-state index is 13.3. The predicted molar refractivity (Wildman–Crippen MR) is 143 cm³/mol. The molecular weight excluding hydrogens is 506 g/mol. The largest absolute Gasteiger partial charge is 0.507 e. The van der Waals surface area contributed by atoms with Crippen LogP contribution in [0.5, 0.6) is 11.5 Å². The minimum absolute atomic E-state index is 0.01000. The Morgan fingerprint density at radius 3 is 2.37 bits per heavy atom. The zero-order chi connectivity index (χ0) is 27.0. The molecule has 0 amide bonds. The van der Waals surface area contributed by atoms with E-state index in [1.807, 2.05) is 6.92 Å². The summed E-state index contributed by atoms with van der Waals surface area (Å²) in [6.07, 6.45) is 0. The van der Waals surface area contributed by atoms with Crippen molar-refractivity contribution in [1.82, 2.24) is 4.72 Å². The predicted octanol–water partition coefficient (Wildman–Crippen LogP) is 4.89. The molecule has 1 heterocycles. The summed E-state index contributed by atoms with van der Waals surface area (Å²) in [6, 6.07) is 20.6. The van der Waals surface area contributed by atoms with Gasteiger partial charge in [-0.15, -0.1) is 0 Å². The first-order chi connectivity index (χ1) is 18.1. The van der Waals surface area contributed by atoms with Crippen LogP contribution >= 0.6 is 0 Å². The van der Waals surface area contributed by atoms with E-state index in [0.29, 0.717) is 16.5 Å². The van der Waals surface area contributed by atoms with Gasteiger partial charge in [-0.1, -0.05) is 60.2 Å². The van der Waals surface area contributed by atoms with Crippen molar-refractivity contribution in [2.75, 3.05) is 0 Å². The van der Waals surface area contributed by atoms with Crippen molar-refractivity contribution in [1.29, 1.82) is 0 Å². The Morgan fingerprint density at radius 1 is 0.947 bits per heavy atom. The molecule has 1 aromatic heterocycles. The highest BCUT2D eigenvalue weighted by Gasteiger charge is 2.29. The highest BCUT2D eigenvalue weighted by atomic mass is 32.2. The molecule has 0 fully saturated rings. The van der Waals surface area contributed by atoms with Crippen LogP contribution in [0, 0.1) is 13.8 Å². The number of hydrogen-bond acceptors (Lipinski definition) is 7. The van der Waals surface area contributed by atoms with Crippen molar-refractivity contribution in [3.8, 4) is 11.5 Å². The average Bonchev–Trinajstić information content (AvgIpc) is 2.88. The molecule has 0 saturated heterocycles. The van der Waals surface area contributed by atoms with E-state index in [4.69, 9.17) is 9.15 Å². The van der Waals surface area contributed by atoms with Crippen molar-refractivity contribution in [3.05, 3.63) is 112 Å². The molecule has 0 aliphatic rings. The number of ether oxygens (including phenoxy) is 1. The van der Waals surface area contributed by atoms with Crippen molar-refractivity contribution in [2.24, 2.45) is 0 Å². The Labute approximate surface area is 218 Å². The number of hydrogen-bond donors (Lipinski definition) is 2. The van der Waals surface area contributed by atoms with Crippen LogP contribution in [0.4, 0.5) is 0 Å². The molecule has 1 atom stereocenters. The van der Waals surface area contributed by atoms with Crippen LogP contribution in [0.25, 0.3) is 21.9 Å². The number of phenolic OH excluding ortho intramolecular Hbond substituents is 1. The maximum absolute atomic E-state index is 13.3. The molecule has 9 heteroatoms. The van der Waals surface area contributed by atoms with Crippen molar-refractivity contribution in [2.45, 2.75) is 24.8 Å². The smallest absolute Gasteiger partial charge is 0.334 e. The van der Waals surface area contributed by atoms with Crippen LogP contribution in [0.1, 0.15) is 22.7 Å². The molecule has 0 aliphatic heterocycles. The summed E-state index contributed by atoms with van der Waals surface area (Å²) in [5, 5.41) is 10.9. The molecule has 0 aliphatic carbocycles. The minimum atomic E-state index is -4.10. The lowest BCUT2D eigenvalue weighted by molar-refractivity contribution is -0.136. The molecule has 1 unspecified atom stereocenters. The summed E-state index contributed by atoms with van der Waals surface area (Å²) < 4.78 is 40.0. The standard InChI is InChI=1S/C29H23NO7S/c1-17-11-13-21(14-12-17)38(34,35)30-26(19-8-4-3-5-9-19)29(33)36-20-15-23(31)25-24(16-20)37-28-18(2)7-6-10-22(28)27(25)32/h3-16,26,30-31H,1-2H3. The van der Waals surface area contributed by atoms with Gasteiger partial charge in [0.05, 0.1) is 10.3 Å². The van der Waals surface area contributed by atoms with Gasteiger partial charge in [-0.3, -0.25) is 4.79 Å². The molecule has 38 heavy (non-hydrogen) atoms. The topological polar surface area (TPSA) is 123 Å². The van der Waals surface area contributed by atoms with Crippen LogP contribution in [0.2, 0.25) is 0 Å². The number of esters is 1. The first-order valence-corrected chi connectivity index (χ1v) is 13.2. The monoisotopic (exact) mass is 529 g/mol. The number of carbonyl (C=O) groups excluding carboxylic acids is 1. The molecule has 192 valence electrons. The second kappa shape index (κ2) is 9.77. The second-order valence-corrected chi connectivity index (χ2v) is 10.6. The summed E-state index contributed by atoms with van der Waals surface area (Å²) in [7, 11) is -4.10. The zero-order valence-corrected chi connectivity index (χ0v) is 21.3. The van der Waals surface area contributed by atoms with E-state index in [2.05, 4.69) is 4.72 Å². The van der Waals surface area contributed by atoms with E-state index in [1.54, 1.807) is 67.6 Å². The van der Waals surface area contributed by atoms with Crippen LogP contribution < -0.4 is 14.9 Å². The third-order valence-corrected chi connectivity index (χ3v) is 7.58. The van der Waals surface area contributed by atoms with E-state index in [0.717, 1.165) is 17.2 Å². The molecule has 8 nitrogen and oxygen atoms in total. The van der Waals surface area contributed by atoms with Gasteiger partial charge < -0.3 is 14.3 Å². The Morgan fingerprint density at radius 2 is 1.66 bits per heavy atom. The van der Waals surface area contributed by atoms with E-state index in [1.165, 1.54) is 18.2 Å². The molecule has 5 rings (SSSR count). The first kappa shape index (κ1) is 25.2. The van der Waals surface area contributed by atoms with E-state index in [9.17, 15) is 23.1 Å². The maximum Gasteiger partial charge on any atom is 0.334 e. The SMILES string of the molecule is Cc1ccc(S(=O)(=O)NC(C(=O)Oc2cc(O)c3c(=O)c4cccc(C)c4oc3c2)c2ccccc2)cc1. The van der Waals surface area contributed by atoms with Gasteiger partial charge in [-0.2, -0.15) is 4.72 Å². The number of aryl methyl sites for hydroxylation is 2. The summed E-state index contributed by atoms with van der Waals surface area (Å²) in [5.41, 5.74) is 1.91. The van der Waals surface area contributed by atoms with Crippen LogP contribution in [-0.2, 0) is 14.8 Å². The van der Waals surface area contributed by atoms with E-state index < -0.39 is 33.2 Å². The molecular formula is C29H23NO7S. The van der Waals surface area contributed by atoms with Crippen LogP contribution in [0.15, 0.2) is 99.0 Å². The summed E-state index contributed by atoms with van der Waals surface area (Å²) >= 11 is 0. The minimum Gasteiger partial charge on any atom is -0.507 e. The van der Waals surface area contributed by atoms with E-state index >= 15 is 0 Å². The fraction of sp³-hybridized carbons (Fsp3) is 0.103. The Hall–Kier alpha value is -4.47. The van der Waals surface area contributed by atoms with Crippen molar-refractivity contribution >= 4 is 37.9 Å². The number of nitrogens with one attached hydrogen (secondary N) is 1. The molecule has 0 radical (unpaired) electrons. The number of phenols is 1.